The van der Waals surface area contributed by atoms with Gasteiger partial charge in [0, 0.05) is 0 Å². The Morgan fingerprint density at radius 1 is 1.56 bits per heavy atom. The molecule has 0 fully saturated rings. The lowest BCUT2D eigenvalue weighted by Gasteiger charge is -1.85. The molecule has 0 heterocycles. The van der Waals surface area contributed by atoms with Crippen molar-refractivity contribution >= 4 is 15.9 Å². The van der Waals surface area contributed by atoms with Gasteiger partial charge in [0.05, 0.1) is 4.61 Å². The molecule has 0 saturated carbocycles. The van der Waals surface area contributed by atoms with Crippen LogP contribution in [-0.4, -0.2) is 0 Å². The van der Waals surface area contributed by atoms with E-state index < -0.39 is 0 Å². The van der Waals surface area contributed by atoms with E-state index in [2.05, 4.69) is 22.5 Å². The molecule has 50 valence electrons. The predicted molar refractivity (Wildman–Crippen MR) is 45.2 cm³/mol. The van der Waals surface area contributed by atoms with Gasteiger partial charge in [0.2, 0.25) is 0 Å². The van der Waals surface area contributed by atoms with Crippen molar-refractivity contribution in [2.24, 2.45) is 5.73 Å². The van der Waals surface area contributed by atoms with Crippen molar-refractivity contribution in [3.05, 3.63) is 35.0 Å². The first kappa shape index (κ1) is 8.50. The molecule has 0 aliphatic rings. The zero-order chi connectivity index (χ0) is 7.28. The van der Waals surface area contributed by atoms with Gasteiger partial charge in [0.15, 0.2) is 0 Å². The van der Waals surface area contributed by atoms with Gasteiger partial charge in [-0.05, 0) is 28.9 Å². The maximum Gasteiger partial charge on any atom is 0.0754 e. The highest BCUT2D eigenvalue weighted by molar-refractivity contribution is 9.11. The zero-order valence-electron chi connectivity index (χ0n) is 5.39. The number of allylic oxidation sites excluding steroid dienone is 4. The fourth-order valence-electron chi connectivity index (χ4n) is 0.279. The number of nitrogens with two attached hydrogens (primary N) is 1. The normalized spacial score (nSPS) is 13.6. The highest BCUT2D eigenvalue weighted by atomic mass is 79.9. The molecule has 0 atom stereocenters. The van der Waals surface area contributed by atoms with E-state index in [-0.39, 0.29) is 0 Å². The van der Waals surface area contributed by atoms with Crippen LogP contribution in [-0.2, 0) is 0 Å². The minimum absolute atomic E-state index is 0.628. The summed E-state index contributed by atoms with van der Waals surface area (Å²) in [6.07, 6.45) is 5.43. The van der Waals surface area contributed by atoms with E-state index in [1.807, 2.05) is 13.0 Å². The zero-order valence-corrected chi connectivity index (χ0v) is 6.98. The third-order valence-electron chi connectivity index (χ3n) is 0.827. The highest BCUT2D eigenvalue weighted by Crippen LogP contribution is 1.98. The first-order valence-electron chi connectivity index (χ1n) is 2.59. The Kier molecular flexibility index (Phi) is 4.14. The minimum atomic E-state index is 0.628. The second kappa shape index (κ2) is 4.39. The van der Waals surface area contributed by atoms with Gasteiger partial charge in [-0.25, -0.2) is 0 Å². The maximum atomic E-state index is 5.29. The van der Waals surface area contributed by atoms with Crippen LogP contribution in [0.1, 0.15) is 6.92 Å². The molecule has 0 spiro atoms. The smallest absolute Gasteiger partial charge is 0.0754 e. The fourth-order valence-corrected chi connectivity index (χ4v) is 0.411. The lowest BCUT2D eigenvalue weighted by molar-refractivity contribution is 1.50. The predicted octanol–water partition coefficient (Wildman–Crippen LogP) is 2.31. The van der Waals surface area contributed by atoms with Crippen molar-refractivity contribution in [3.8, 4) is 0 Å². The van der Waals surface area contributed by atoms with Crippen LogP contribution in [0.5, 0.6) is 0 Å². The number of hydrogen-bond donors (Lipinski definition) is 1. The Balaban J connectivity index is 3.98. The second-order valence-electron chi connectivity index (χ2n) is 1.67. The van der Waals surface area contributed by atoms with Gasteiger partial charge in [-0.3, -0.25) is 0 Å². The molecule has 0 unspecified atom stereocenters. The number of halogens is 1. The summed E-state index contributed by atoms with van der Waals surface area (Å²) in [6.45, 7) is 5.54. The van der Waals surface area contributed by atoms with E-state index in [1.165, 1.54) is 0 Å². The monoisotopic (exact) mass is 187 g/mol. The van der Waals surface area contributed by atoms with Crippen molar-refractivity contribution in [1.82, 2.24) is 0 Å². The quantitative estimate of drug-likeness (QED) is 0.522. The highest BCUT2D eigenvalue weighted by Gasteiger charge is 1.76. The van der Waals surface area contributed by atoms with Crippen molar-refractivity contribution in [2.75, 3.05) is 0 Å². The molecule has 0 rings (SSSR count). The molecule has 0 aromatic carbocycles. The molecule has 0 aliphatic heterocycles. The summed E-state index contributed by atoms with van der Waals surface area (Å²) >= 11 is 3.09. The molecule has 2 heteroatoms. The summed E-state index contributed by atoms with van der Waals surface area (Å²) < 4.78 is 0.628. The summed E-state index contributed by atoms with van der Waals surface area (Å²) in [5.74, 6) is 0. The molecule has 2 N–H and O–H groups in total. The third kappa shape index (κ3) is 5.37. The van der Waals surface area contributed by atoms with E-state index in [0.29, 0.717) is 4.61 Å². The topological polar surface area (TPSA) is 26.0 Å². The Bertz CT molecular complexity index is 152. The summed E-state index contributed by atoms with van der Waals surface area (Å²) in [5.41, 5.74) is 6.39. The van der Waals surface area contributed by atoms with Gasteiger partial charge in [0.1, 0.15) is 0 Å². The van der Waals surface area contributed by atoms with Crippen molar-refractivity contribution < 1.29 is 0 Å². The average Bonchev–Trinajstić information content (AvgIpc) is 1.83. The molecule has 9 heavy (non-hydrogen) atoms. The number of hydrogen-bond acceptors (Lipinski definition) is 1. The SMILES string of the molecule is C=C/C(C)=C\C=C(/N)Br. The lowest BCUT2D eigenvalue weighted by Crippen LogP contribution is -1.83. The Morgan fingerprint density at radius 3 is 2.44 bits per heavy atom. The van der Waals surface area contributed by atoms with Gasteiger partial charge in [0.25, 0.3) is 0 Å². The van der Waals surface area contributed by atoms with Gasteiger partial charge < -0.3 is 5.73 Å². The maximum absolute atomic E-state index is 5.29. The molecule has 1 nitrogen and oxygen atoms in total. The minimum Gasteiger partial charge on any atom is -0.393 e. The summed E-state index contributed by atoms with van der Waals surface area (Å²) in [6, 6.07) is 0. The van der Waals surface area contributed by atoms with E-state index in [0.717, 1.165) is 5.57 Å². The molecular formula is C7H10BrN. The van der Waals surface area contributed by atoms with Gasteiger partial charge in [-0.2, -0.15) is 0 Å². The Morgan fingerprint density at radius 2 is 2.11 bits per heavy atom. The first-order chi connectivity index (χ1) is 4.16. The van der Waals surface area contributed by atoms with Crippen LogP contribution in [0.2, 0.25) is 0 Å². The Hall–Kier alpha value is -0.500. The van der Waals surface area contributed by atoms with E-state index >= 15 is 0 Å². The molecule has 0 amide bonds. The van der Waals surface area contributed by atoms with E-state index in [9.17, 15) is 0 Å². The van der Waals surface area contributed by atoms with Crippen LogP contribution in [0.15, 0.2) is 35.0 Å². The number of rotatable bonds is 2. The van der Waals surface area contributed by atoms with Crippen molar-refractivity contribution in [2.45, 2.75) is 6.92 Å². The molecule has 0 aliphatic carbocycles. The molecule has 0 radical (unpaired) electrons. The van der Waals surface area contributed by atoms with Crippen LogP contribution in [0.4, 0.5) is 0 Å². The van der Waals surface area contributed by atoms with E-state index in [4.69, 9.17) is 5.73 Å². The standard InChI is InChI=1S/C7H10BrN/c1-3-6(2)4-5-7(8)9/h3-5H,1,9H2,2H3/b6-4-,7-5-. The largest absolute Gasteiger partial charge is 0.393 e. The third-order valence-corrected chi connectivity index (χ3v) is 1.09. The fraction of sp³-hybridized carbons (Fsp3) is 0.143. The average molecular weight is 188 g/mol. The molecule has 0 aromatic rings. The second-order valence-corrected chi connectivity index (χ2v) is 2.58. The summed E-state index contributed by atoms with van der Waals surface area (Å²) in [7, 11) is 0. The van der Waals surface area contributed by atoms with Gasteiger partial charge >= 0.3 is 0 Å². The molecule has 0 aromatic heterocycles. The molecule has 0 bridgehead atoms. The molecular weight excluding hydrogens is 178 g/mol. The van der Waals surface area contributed by atoms with Crippen LogP contribution in [0.25, 0.3) is 0 Å². The van der Waals surface area contributed by atoms with Crippen molar-refractivity contribution in [1.29, 1.82) is 0 Å². The van der Waals surface area contributed by atoms with Crippen LogP contribution >= 0.6 is 15.9 Å². The Labute approximate surface area is 64.1 Å². The molecule has 0 saturated heterocycles. The summed E-state index contributed by atoms with van der Waals surface area (Å²) in [5, 5.41) is 0. The van der Waals surface area contributed by atoms with Crippen LogP contribution < -0.4 is 5.73 Å². The van der Waals surface area contributed by atoms with Crippen LogP contribution in [0, 0.1) is 0 Å². The van der Waals surface area contributed by atoms with Crippen molar-refractivity contribution in [3.63, 3.8) is 0 Å². The van der Waals surface area contributed by atoms with Gasteiger partial charge in [-0.1, -0.05) is 24.3 Å². The van der Waals surface area contributed by atoms with E-state index in [1.54, 1.807) is 12.2 Å². The lowest BCUT2D eigenvalue weighted by atomic mass is 10.3. The van der Waals surface area contributed by atoms with Gasteiger partial charge in [-0.15, -0.1) is 0 Å². The summed E-state index contributed by atoms with van der Waals surface area (Å²) in [4.78, 5) is 0. The first-order valence-corrected chi connectivity index (χ1v) is 3.38. The van der Waals surface area contributed by atoms with Crippen LogP contribution in [0.3, 0.4) is 0 Å².